The van der Waals surface area contributed by atoms with Crippen LogP contribution in [0.3, 0.4) is 0 Å². The second-order valence-electron chi connectivity index (χ2n) is 3.21. The van der Waals surface area contributed by atoms with E-state index >= 15 is 0 Å². The molecule has 0 aliphatic rings. The van der Waals surface area contributed by atoms with E-state index in [4.69, 9.17) is 10.5 Å². The van der Waals surface area contributed by atoms with E-state index in [2.05, 4.69) is 21.2 Å². The van der Waals surface area contributed by atoms with Gasteiger partial charge in [-0.3, -0.25) is 0 Å². The average molecular weight is 334 g/mol. The molecule has 98 valence electrons. The number of allylic oxidation sites excluding steroid dienone is 1. The van der Waals surface area contributed by atoms with E-state index in [0.717, 1.165) is 18.3 Å². The molecule has 1 N–H and O–H groups in total. The van der Waals surface area contributed by atoms with Crippen LogP contribution < -0.4 is 5.32 Å². The van der Waals surface area contributed by atoms with Gasteiger partial charge >= 0.3 is 6.18 Å². The molecule has 0 fully saturated rings. The van der Waals surface area contributed by atoms with Crippen molar-refractivity contribution in [3.8, 4) is 12.1 Å². The van der Waals surface area contributed by atoms with E-state index in [1.54, 1.807) is 0 Å². The van der Waals surface area contributed by atoms with E-state index in [-0.39, 0.29) is 4.47 Å². The van der Waals surface area contributed by atoms with Crippen LogP contribution in [-0.2, 0) is 6.18 Å². The SMILES string of the molecule is N#CC(C#N)=CNc1ccc(Br)c(F)c1C(F)(F)F. The van der Waals surface area contributed by atoms with Crippen LogP contribution in [0.5, 0.6) is 0 Å². The lowest BCUT2D eigenvalue weighted by Crippen LogP contribution is -2.12. The normalized spacial score (nSPS) is 10.3. The molecular formula is C11H4BrF4N3. The molecule has 1 aromatic carbocycles. The summed E-state index contributed by atoms with van der Waals surface area (Å²) in [7, 11) is 0. The summed E-state index contributed by atoms with van der Waals surface area (Å²) in [4.78, 5) is 0. The standard InChI is InChI=1S/C11H4BrF4N3/c12-7-1-2-8(19-5-6(3-17)4-18)9(10(7)13)11(14,15)16/h1-2,5,19H. The van der Waals surface area contributed by atoms with Gasteiger partial charge in [0.05, 0.1) is 10.2 Å². The van der Waals surface area contributed by atoms with Crippen LogP contribution in [0.1, 0.15) is 5.56 Å². The van der Waals surface area contributed by atoms with Gasteiger partial charge in [-0.2, -0.15) is 23.7 Å². The summed E-state index contributed by atoms with van der Waals surface area (Å²) >= 11 is 2.66. The quantitative estimate of drug-likeness (QED) is 0.658. The zero-order valence-corrected chi connectivity index (χ0v) is 10.6. The van der Waals surface area contributed by atoms with E-state index < -0.39 is 28.8 Å². The highest BCUT2D eigenvalue weighted by atomic mass is 79.9. The summed E-state index contributed by atoms with van der Waals surface area (Å²) in [6.07, 6.45) is -4.14. The van der Waals surface area contributed by atoms with Crippen LogP contribution in [-0.4, -0.2) is 0 Å². The molecule has 0 bridgehead atoms. The highest BCUT2D eigenvalue weighted by Crippen LogP contribution is 2.39. The number of benzene rings is 1. The highest BCUT2D eigenvalue weighted by molar-refractivity contribution is 9.10. The Balaban J connectivity index is 3.32. The average Bonchev–Trinajstić information content (AvgIpc) is 2.33. The first-order valence-electron chi connectivity index (χ1n) is 4.63. The van der Waals surface area contributed by atoms with Crippen molar-refractivity contribution < 1.29 is 17.6 Å². The van der Waals surface area contributed by atoms with Gasteiger partial charge in [0.25, 0.3) is 0 Å². The number of anilines is 1. The molecule has 0 unspecified atom stereocenters. The molecule has 0 radical (unpaired) electrons. The number of nitrogens with zero attached hydrogens (tertiary/aromatic N) is 2. The molecule has 0 saturated carbocycles. The lowest BCUT2D eigenvalue weighted by molar-refractivity contribution is -0.139. The molecule has 19 heavy (non-hydrogen) atoms. The Hall–Kier alpha value is -2.06. The van der Waals surface area contributed by atoms with Gasteiger partial charge in [-0.1, -0.05) is 0 Å². The number of nitriles is 2. The second kappa shape index (κ2) is 5.72. The number of alkyl halides is 3. The van der Waals surface area contributed by atoms with Crippen LogP contribution in [0, 0.1) is 28.5 Å². The molecule has 0 spiro atoms. The lowest BCUT2D eigenvalue weighted by atomic mass is 10.1. The van der Waals surface area contributed by atoms with E-state index in [0.29, 0.717) is 0 Å². The molecular weight excluding hydrogens is 330 g/mol. The Labute approximate surface area is 113 Å². The predicted octanol–water partition coefficient (Wildman–Crippen LogP) is 3.95. The van der Waals surface area contributed by atoms with E-state index in [9.17, 15) is 17.6 Å². The summed E-state index contributed by atoms with van der Waals surface area (Å²) < 4.78 is 51.3. The number of hydrogen-bond donors (Lipinski definition) is 1. The highest BCUT2D eigenvalue weighted by Gasteiger charge is 2.37. The van der Waals surface area contributed by atoms with Crippen molar-refractivity contribution in [3.05, 3.63) is 39.8 Å². The number of halogens is 5. The topological polar surface area (TPSA) is 59.6 Å². The maximum absolute atomic E-state index is 13.5. The maximum Gasteiger partial charge on any atom is 0.421 e. The molecule has 0 aliphatic carbocycles. The smallest absolute Gasteiger partial charge is 0.359 e. The summed E-state index contributed by atoms with van der Waals surface area (Å²) in [5.74, 6) is -1.47. The third kappa shape index (κ3) is 3.46. The van der Waals surface area contributed by atoms with Gasteiger partial charge in [0, 0.05) is 6.20 Å². The first-order valence-corrected chi connectivity index (χ1v) is 5.42. The molecule has 0 atom stereocenters. The molecule has 1 aromatic rings. The van der Waals surface area contributed by atoms with Crippen LogP contribution >= 0.6 is 15.9 Å². The second-order valence-corrected chi connectivity index (χ2v) is 4.06. The van der Waals surface area contributed by atoms with Crippen LogP contribution in [0.15, 0.2) is 28.4 Å². The van der Waals surface area contributed by atoms with Crippen molar-refractivity contribution >= 4 is 21.6 Å². The molecule has 1 rings (SSSR count). The van der Waals surface area contributed by atoms with Gasteiger partial charge in [-0.15, -0.1) is 0 Å². The molecule has 0 aromatic heterocycles. The fourth-order valence-electron chi connectivity index (χ4n) is 1.19. The minimum Gasteiger partial charge on any atom is -0.359 e. The van der Waals surface area contributed by atoms with Crippen molar-refractivity contribution in [1.29, 1.82) is 10.5 Å². The monoisotopic (exact) mass is 333 g/mol. The molecule has 0 saturated heterocycles. The summed E-state index contributed by atoms with van der Waals surface area (Å²) in [6, 6.07) is 4.99. The molecule has 0 aliphatic heterocycles. The van der Waals surface area contributed by atoms with Gasteiger partial charge < -0.3 is 5.32 Å². The Morgan fingerprint density at radius 2 is 1.84 bits per heavy atom. The first kappa shape index (κ1) is 15.0. The zero-order chi connectivity index (χ0) is 14.6. The predicted molar refractivity (Wildman–Crippen MR) is 62.0 cm³/mol. The zero-order valence-electron chi connectivity index (χ0n) is 9.02. The largest absolute Gasteiger partial charge is 0.421 e. The Morgan fingerprint density at radius 3 is 2.32 bits per heavy atom. The van der Waals surface area contributed by atoms with Gasteiger partial charge in [-0.05, 0) is 28.1 Å². The van der Waals surface area contributed by atoms with Crippen molar-refractivity contribution in [2.24, 2.45) is 0 Å². The van der Waals surface area contributed by atoms with Crippen molar-refractivity contribution in [2.45, 2.75) is 6.18 Å². The fraction of sp³-hybridized carbons (Fsp3) is 0.0909. The first-order chi connectivity index (χ1) is 8.81. The van der Waals surface area contributed by atoms with E-state index in [1.165, 1.54) is 12.1 Å². The van der Waals surface area contributed by atoms with Gasteiger partial charge in [-0.25, -0.2) is 4.39 Å². The van der Waals surface area contributed by atoms with Gasteiger partial charge in [0.1, 0.15) is 23.3 Å². The van der Waals surface area contributed by atoms with Crippen molar-refractivity contribution in [3.63, 3.8) is 0 Å². The molecule has 8 heteroatoms. The maximum atomic E-state index is 13.5. The van der Waals surface area contributed by atoms with Crippen molar-refractivity contribution in [2.75, 3.05) is 5.32 Å². The Morgan fingerprint density at radius 1 is 1.26 bits per heavy atom. The molecule has 3 nitrogen and oxygen atoms in total. The van der Waals surface area contributed by atoms with Gasteiger partial charge in [0.15, 0.2) is 5.82 Å². The third-order valence-electron chi connectivity index (χ3n) is 1.99. The van der Waals surface area contributed by atoms with Crippen LogP contribution in [0.2, 0.25) is 0 Å². The van der Waals surface area contributed by atoms with Crippen LogP contribution in [0.25, 0.3) is 0 Å². The lowest BCUT2D eigenvalue weighted by Gasteiger charge is -2.14. The minimum absolute atomic E-state index is 0.338. The van der Waals surface area contributed by atoms with E-state index in [1.807, 2.05) is 0 Å². The molecule has 0 amide bonds. The number of hydrogen-bond acceptors (Lipinski definition) is 3. The summed E-state index contributed by atoms with van der Waals surface area (Å²) in [5, 5.41) is 19.0. The number of nitrogens with one attached hydrogen (secondary N) is 1. The fourth-order valence-corrected chi connectivity index (χ4v) is 1.52. The molecule has 0 heterocycles. The minimum atomic E-state index is -4.91. The number of rotatable bonds is 2. The Kier molecular flexibility index (Phi) is 4.52. The third-order valence-corrected chi connectivity index (χ3v) is 2.60. The summed E-state index contributed by atoms with van der Waals surface area (Å²) in [5.41, 5.74) is -2.53. The van der Waals surface area contributed by atoms with Gasteiger partial charge in [0.2, 0.25) is 0 Å². The van der Waals surface area contributed by atoms with Crippen LogP contribution in [0.4, 0.5) is 23.2 Å². The summed E-state index contributed by atoms with van der Waals surface area (Å²) in [6.45, 7) is 0. The Bertz CT molecular complexity index is 592. The van der Waals surface area contributed by atoms with Crippen molar-refractivity contribution in [1.82, 2.24) is 0 Å².